The van der Waals surface area contributed by atoms with Crippen LogP contribution in [0.3, 0.4) is 0 Å². The lowest BCUT2D eigenvalue weighted by atomic mass is 9.90. The normalized spacial score (nSPS) is 24.6. The second kappa shape index (κ2) is 7.07. The number of likely N-dealkylation sites (N-methyl/N-ethyl adjacent to an activating group) is 1. The first-order valence-corrected chi connectivity index (χ1v) is 11.1. The summed E-state index contributed by atoms with van der Waals surface area (Å²) in [4.78, 5) is 27.6. The van der Waals surface area contributed by atoms with E-state index in [1.165, 1.54) is 26.7 Å². The Kier molecular flexibility index (Phi) is 5.20. The molecule has 1 fully saturated rings. The molecule has 138 valence electrons. The Morgan fingerprint density at radius 2 is 2.12 bits per heavy atom. The predicted molar refractivity (Wildman–Crippen MR) is 95.6 cm³/mol. The lowest BCUT2D eigenvalue weighted by Gasteiger charge is -2.23. The van der Waals surface area contributed by atoms with Gasteiger partial charge in [-0.2, -0.15) is 0 Å². The van der Waals surface area contributed by atoms with Gasteiger partial charge in [0, 0.05) is 18.0 Å². The highest BCUT2D eigenvalue weighted by atomic mass is 32.2. The molecule has 0 bridgehead atoms. The standard InChI is InChI=1S/C17H23NO5S2/c1-11-3-4-14-12(7-11)8-15(24-14)17(20)23-9-16(19)18(2)13-5-6-25(21,22)10-13/h8,11,13H,3-7,9-10H2,1-2H3/t11-,13+/m1/s1. The van der Waals surface area contributed by atoms with Gasteiger partial charge in [0.25, 0.3) is 5.91 Å². The minimum Gasteiger partial charge on any atom is -0.451 e. The van der Waals surface area contributed by atoms with Crippen molar-refractivity contribution in [2.45, 2.75) is 38.6 Å². The molecule has 0 aromatic carbocycles. The Labute approximate surface area is 152 Å². The number of nitrogens with zero attached hydrogens (tertiary/aromatic N) is 1. The molecule has 1 amide bonds. The molecule has 1 aromatic heterocycles. The Balaban J connectivity index is 1.54. The first kappa shape index (κ1) is 18.4. The fourth-order valence-electron chi connectivity index (χ4n) is 3.39. The summed E-state index contributed by atoms with van der Waals surface area (Å²) in [5, 5.41) is 0. The minimum atomic E-state index is -3.05. The maximum absolute atomic E-state index is 12.2. The van der Waals surface area contributed by atoms with Crippen LogP contribution in [0.5, 0.6) is 0 Å². The van der Waals surface area contributed by atoms with Gasteiger partial charge in [-0.1, -0.05) is 6.92 Å². The largest absolute Gasteiger partial charge is 0.451 e. The number of carbonyl (C=O) groups excluding carboxylic acids is 2. The van der Waals surface area contributed by atoms with Gasteiger partial charge in [-0.05, 0) is 43.2 Å². The van der Waals surface area contributed by atoms with Crippen LogP contribution in [0.4, 0.5) is 0 Å². The van der Waals surface area contributed by atoms with Gasteiger partial charge < -0.3 is 9.64 Å². The Morgan fingerprint density at radius 3 is 2.80 bits per heavy atom. The van der Waals surface area contributed by atoms with Gasteiger partial charge >= 0.3 is 5.97 Å². The number of sulfone groups is 1. The Bertz CT molecular complexity index is 783. The van der Waals surface area contributed by atoms with Crippen molar-refractivity contribution in [3.63, 3.8) is 0 Å². The highest BCUT2D eigenvalue weighted by Gasteiger charge is 2.33. The number of ether oxygens (including phenoxy) is 1. The average molecular weight is 386 g/mol. The van der Waals surface area contributed by atoms with E-state index in [0.717, 1.165) is 19.3 Å². The third kappa shape index (κ3) is 4.23. The minimum absolute atomic E-state index is 0.0149. The van der Waals surface area contributed by atoms with E-state index < -0.39 is 15.8 Å². The smallest absolute Gasteiger partial charge is 0.348 e. The monoisotopic (exact) mass is 385 g/mol. The number of rotatable bonds is 4. The molecule has 0 N–H and O–H groups in total. The number of hydrogen-bond acceptors (Lipinski definition) is 6. The zero-order chi connectivity index (χ0) is 18.2. The summed E-state index contributed by atoms with van der Waals surface area (Å²) in [7, 11) is -1.49. The molecular weight excluding hydrogens is 362 g/mol. The van der Waals surface area contributed by atoms with Crippen molar-refractivity contribution in [3.05, 3.63) is 21.4 Å². The number of esters is 1. The molecule has 0 spiro atoms. The predicted octanol–water partition coefficient (Wildman–Crippen LogP) is 1.68. The van der Waals surface area contributed by atoms with Gasteiger partial charge in [0.1, 0.15) is 4.88 Å². The van der Waals surface area contributed by atoms with Gasteiger partial charge in [-0.15, -0.1) is 11.3 Å². The summed E-state index contributed by atoms with van der Waals surface area (Å²) < 4.78 is 28.2. The second-order valence-electron chi connectivity index (χ2n) is 7.04. The molecular formula is C17H23NO5S2. The fraction of sp³-hybridized carbons (Fsp3) is 0.647. The SMILES string of the molecule is C[C@@H]1CCc2sc(C(=O)OCC(=O)N(C)[C@H]3CCS(=O)(=O)C3)cc2C1. The van der Waals surface area contributed by atoms with E-state index >= 15 is 0 Å². The van der Waals surface area contributed by atoms with E-state index in [0.29, 0.717) is 17.2 Å². The van der Waals surface area contributed by atoms with Gasteiger partial charge in [0.15, 0.2) is 16.4 Å². The van der Waals surface area contributed by atoms with Gasteiger partial charge in [0.05, 0.1) is 11.5 Å². The van der Waals surface area contributed by atoms with Crippen molar-refractivity contribution in [3.8, 4) is 0 Å². The number of carbonyl (C=O) groups is 2. The van der Waals surface area contributed by atoms with Crippen LogP contribution in [-0.2, 0) is 32.2 Å². The molecule has 1 aromatic rings. The highest BCUT2D eigenvalue weighted by Crippen LogP contribution is 2.32. The van der Waals surface area contributed by atoms with Crippen molar-refractivity contribution >= 4 is 33.1 Å². The summed E-state index contributed by atoms with van der Waals surface area (Å²) in [6.07, 6.45) is 3.55. The summed E-state index contributed by atoms with van der Waals surface area (Å²) >= 11 is 1.45. The third-order valence-corrected chi connectivity index (χ3v) is 7.97. The van der Waals surface area contributed by atoms with E-state index in [4.69, 9.17) is 4.74 Å². The van der Waals surface area contributed by atoms with Crippen LogP contribution >= 0.6 is 11.3 Å². The number of amides is 1. The van der Waals surface area contributed by atoms with E-state index in [1.54, 1.807) is 7.05 Å². The third-order valence-electron chi connectivity index (χ3n) is 5.01. The second-order valence-corrected chi connectivity index (χ2v) is 10.4. The quantitative estimate of drug-likeness (QED) is 0.737. The molecule has 6 nitrogen and oxygen atoms in total. The zero-order valence-electron chi connectivity index (χ0n) is 14.5. The van der Waals surface area contributed by atoms with Crippen LogP contribution < -0.4 is 0 Å². The Morgan fingerprint density at radius 1 is 1.36 bits per heavy atom. The summed E-state index contributed by atoms with van der Waals surface area (Å²) in [5.74, 6) is -0.130. The summed E-state index contributed by atoms with van der Waals surface area (Å²) in [6.45, 7) is 1.85. The first-order chi connectivity index (χ1) is 11.7. The topological polar surface area (TPSA) is 80.8 Å². The first-order valence-electron chi connectivity index (χ1n) is 8.50. The molecule has 2 heterocycles. The van der Waals surface area contributed by atoms with Crippen molar-refractivity contribution < 1.29 is 22.7 Å². The van der Waals surface area contributed by atoms with Crippen molar-refractivity contribution in [2.75, 3.05) is 25.2 Å². The molecule has 1 aliphatic heterocycles. The number of aryl methyl sites for hydroxylation is 1. The molecule has 2 atom stereocenters. The zero-order valence-corrected chi connectivity index (χ0v) is 16.1. The highest BCUT2D eigenvalue weighted by molar-refractivity contribution is 7.91. The maximum atomic E-state index is 12.2. The van der Waals surface area contributed by atoms with Crippen LogP contribution in [-0.4, -0.2) is 56.4 Å². The van der Waals surface area contributed by atoms with Gasteiger partial charge in [0.2, 0.25) is 0 Å². The molecule has 0 saturated carbocycles. The molecule has 1 saturated heterocycles. The lowest BCUT2D eigenvalue weighted by Crippen LogP contribution is -2.40. The van der Waals surface area contributed by atoms with Gasteiger partial charge in [-0.25, -0.2) is 13.2 Å². The maximum Gasteiger partial charge on any atom is 0.348 e. The fourth-order valence-corrected chi connectivity index (χ4v) is 6.27. The van der Waals surface area contributed by atoms with Crippen LogP contribution in [0, 0.1) is 5.92 Å². The van der Waals surface area contributed by atoms with Crippen molar-refractivity contribution in [2.24, 2.45) is 5.92 Å². The molecule has 25 heavy (non-hydrogen) atoms. The molecule has 2 aliphatic rings. The Hall–Kier alpha value is -1.41. The van der Waals surface area contributed by atoms with E-state index in [2.05, 4.69) is 6.92 Å². The molecule has 0 unspecified atom stereocenters. The number of hydrogen-bond donors (Lipinski definition) is 0. The number of fused-ring (bicyclic) bond motifs is 1. The van der Waals surface area contributed by atoms with Crippen molar-refractivity contribution in [1.82, 2.24) is 4.90 Å². The van der Waals surface area contributed by atoms with Gasteiger partial charge in [-0.3, -0.25) is 4.79 Å². The van der Waals surface area contributed by atoms with Crippen LogP contribution in [0.15, 0.2) is 6.07 Å². The van der Waals surface area contributed by atoms with Crippen LogP contribution in [0.1, 0.15) is 39.9 Å². The molecule has 0 radical (unpaired) electrons. The molecule has 1 aliphatic carbocycles. The van der Waals surface area contributed by atoms with Crippen molar-refractivity contribution in [1.29, 1.82) is 0 Å². The van der Waals surface area contributed by atoms with E-state index in [-0.39, 0.29) is 30.1 Å². The van der Waals surface area contributed by atoms with Crippen LogP contribution in [0.2, 0.25) is 0 Å². The summed E-state index contributed by atoms with van der Waals surface area (Å²) in [6, 6.07) is 1.56. The number of thiophene rings is 1. The van der Waals surface area contributed by atoms with Crippen LogP contribution in [0.25, 0.3) is 0 Å². The van der Waals surface area contributed by atoms with E-state index in [1.807, 2.05) is 6.07 Å². The average Bonchev–Trinajstić information content (AvgIpc) is 3.14. The lowest BCUT2D eigenvalue weighted by molar-refractivity contribution is -0.134. The van der Waals surface area contributed by atoms with E-state index in [9.17, 15) is 18.0 Å². The molecule has 3 rings (SSSR count). The summed E-state index contributed by atoms with van der Waals surface area (Å²) in [5.41, 5.74) is 1.22. The molecule has 8 heteroatoms.